The van der Waals surface area contributed by atoms with E-state index in [4.69, 9.17) is 0 Å². The van der Waals surface area contributed by atoms with E-state index in [-0.39, 0.29) is 54.0 Å². The normalized spacial score (nSPS) is 18.1. The Kier molecular flexibility index (Phi) is 13.8. The number of thiazole rings is 1. The highest BCUT2D eigenvalue weighted by Gasteiger charge is 2.43. The highest BCUT2D eigenvalue weighted by molar-refractivity contribution is 7.13. The van der Waals surface area contributed by atoms with Crippen molar-refractivity contribution in [1.82, 2.24) is 45.4 Å². The van der Waals surface area contributed by atoms with E-state index < -0.39 is 35.9 Å². The first-order chi connectivity index (χ1) is 32.5. The van der Waals surface area contributed by atoms with Gasteiger partial charge in [-0.1, -0.05) is 45.0 Å². The first kappa shape index (κ1) is 47.5. The lowest BCUT2D eigenvalue weighted by molar-refractivity contribution is -0.142. The standard InChI is InChI=1S/C49H54F2N12O4S/c1-29(32-8-10-34(11-9-32)42-30(2)56-28-68-42)57-45(65)38-7-6-17-63(38)47(67)43(48(3,4)5)60-44(64)36-25-55-37(26-54-36)46(66)61-18-13-33(14-19-61)35-22-40(58-39-21-31(24-52)12-16-53-39)59-41(23-35)62-20-15-49(50,51)27-62/h8-12,16,21-23,25-26,28-29,33,38,43H,6-7,13-15,17-20,27H2,1-5H3,(H,57,65)(H,60,64)(H,53,58,59)/t29-,38-,43+/m0/s1. The van der Waals surface area contributed by atoms with Crippen molar-refractivity contribution < 1.29 is 28.0 Å². The average Bonchev–Trinajstić information content (AvgIpc) is 4.10. The number of hydrogen-bond donors (Lipinski definition) is 3. The van der Waals surface area contributed by atoms with E-state index in [2.05, 4.69) is 46.9 Å². The van der Waals surface area contributed by atoms with Crippen LogP contribution < -0.4 is 20.9 Å². The van der Waals surface area contributed by atoms with Gasteiger partial charge >= 0.3 is 0 Å². The third-order valence-corrected chi connectivity index (χ3v) is 13.8. The first-order valence-electron chi connectivity index (χ1n) is 22.8. The van der Waals surface area contributed by atoms with Crippen molar-refractivity contribution in [3.63, 3.8) is 0 Å². The third kappa shape index (κ3) is 10.8. The summed E-state index contributed by atoms with van der Waals surface area (Å²) in [6.45, 7) is 10.2. The smallest absolute Gasteiger partial charge is 0.274 e. The summed E-state index contributed by atoms with van der Waals surface area (Å²) >= 11 is 1.58. The molecular weight excluding hydrogens is 891 g/mol. The fraction of sp³-hybridized carbons (Fsp3) is 0.429. The van der Waals surface area contributed by atoms with E-state index in [0.29, 0.717) is 68.3 Å². The summed E-state index contributed by atoms with van der Waals surface area (Å²) in [6, 6.07) is 14.9. The molecule has 68 heavy (non-hydrogen) atoms. The second-order valence-electron chi connectivity index (χ2n) is 18.8. The lowest BCUT2D eigenvalue weighted by Crippen LogP contribution is -2.57. The van der Waals surface area contributed by atoms with Gasteiger partial charge in [0.05, 0.1) is 52.7 Å². The molecular formula is C49H54F2N12O4S. The predicted molar refractivity (Wildman–Crippen MR) is 252 cm³/mol. The molecule has 3 aliphatic heterocycles. The molecule has 3 N–H and O–H groups in total. The molecule has 0 bridgehead atoms. The maximum atomic E-state index is 14.3. The summed E-state index contributed by atoms with van der Waals surface area (Å²) in [5.74, 6) is -3.29. The van der Waals surface area contributed by atoms with Gasteiger partial charge in [-0.05, 0) is 91.8 Å². The molecule has 4 amide bonds. The molecule has 0 saturated carbocycles. The number of carbonyl (C=O) groups excluding carboxylic acids is 4. The van der Waals surface area contributed by atoms with Gasteiger partial charge < -0.3 is 30.7 Å². The lowest BCUT2D eigenvalue weighted by atomic mass is 9.85. The number of aryl methyl sites for hydroxylation is 1. The minimum atomic E-state index is -2.83. The molecule has 7 heterocycles. The van der Waals surface area contributed by atoms with Crippen LogP contribution in [0.2, 0.25) is 0 Å². The van der Waals surface area contributed by atoms with Gasteiger partial charge in [0.25, 0.3) is 17.7 Å². The van der Waals surface area contributed by atoms with Crippen LogP contribution in [0.25, 0.3) is 10.4 Å². The van der Waals surface area contributed by atoms with Gasteiger partial charge in [-0.2, -0.15) is 5.26 Å². The summed E-state index contributed by atoms with van der Waals surface area (Å²) in [7, 11) is 0. The Morgan fingerprint density at radius 2 is 1.63 bits per heavy atom. The number of amides is 4. The predicted octanol–water partition coefficient (Wildman–Crippen LogP) is 7.19. The zero-order valence-electron chi connectivity index (χ0n) is 38.6. The molecule has 8 rings (SSSR count). The van der Waals surface area contributed by atoms with Gasteiger partial charge in [-0.3, -0.25) is 19.2 Å². The van der Waals surface area contributed by atoms with E-state index in [1.54, 1.807) is 38.2 Å². The van der Waals surface area contributed by atoms with Gasteiger partial charge in [-0.15, -0.1) is 11.3 Å². The summed E-state index contributed by atoms with van der Waals surface area (Å²) in [5.41, 5.74) is 5.27. The molecule has 354 valence electrons. The van der Waals surface area contributed by atoms with E-state index in [1.807, 2.05) is 76.5 Å². The van der Waals surface area contributed by atoms with E-state index in [9.17, 15) is 33.2 Å². The number of hydrogen-bond acceptors (Lipinski definition) is 13. The number of halogens is 2. The number of rotatable bonds is 12. The molecule has 3 saturated heterocycles. The Morgan fingerprint density at radius 3 is 2.28 bits per heavy atom. The number of nitrogens with zero attached hydrogens (tertiary/aromatic N) is 9. The summed E-state index contributed by atoms with van der Waals surface area (Å²) < 4.78 is 28.6. The van der Waals surface area contributed by atoms with Crippen LogP contribution in [0, 0.1) is 23.7 Å². The van der Waals surface area contributed by atoms with Crippen molar-refractivity contribution in [2.45, 2.75) is 96.7 Å². The molecule has 16 nitrogen and oxygen atoms in total. The van der Waals surface area contributed by atoms with Crippen LogP contribution in [0.5, 0.6) is 0 Å². The molecule has 0 aliphatic carbocycles. The molecule has 4 aromatic heterocycles. The number of nitrogens with one attached hydrogen (secondary N) is 3. The molecule has 0 unspecified atom stereocenters. The molecule has 19 heteroatoms. The van der Waals surface area contributed by atoms with Crippen LogP contribution >= 0.6 is 11.3 Å². The van der Waals surface area contributed by atoms with E-state index in [0.717, 1.165) is 27.3 Å². The number of piperidine rings is 1. The molecule has 0 radical (unpaired) electrons. The van der Waals surface area contributed by atoms with Crippen molar-refractivity contribution in [3.8, 4) is 16.5 Å². The lowest BCUT2D eigenvalue weighted by Gasteiger charge is -2.35. The zero-order chi connectivity index (χ0) is 48.3. The van der Waals surface area contributed by atoms with E-state index >= 15 is 0 Å². The molecule has 1 aromatic carbocycles. The number of nitriles is 1. The quantitative estimate of drug-likeness (QED) is 0.114. The Bertz CT molecular complexity index is 2710. The fourth-order valence-corrected chi connectivity index (χ4v) is 9.79. The third-order valence-electron chi connectivity index (χ3n) is 12.8. The largest absolute Gasteiger partial charge is 0.350 e. The highest BCUT2D eigenvalue weighted by atomic mass is 32.1. The van der Waals surface area contributed by atoms with Gasteiger partial charge in [0, 0.05) is 38.8 Å². The SMILES string of the molecule is Cc1ncsc1-c1ccc([C@H](C)NC(=O)[C@@H]2CCCN2C(=O)[C@@H](NC(=O)c2cnc(C(=O)N3CCC(c4cc(Nc5cc(C#N)ccn5)nc(N5CCC(F)(F)C5)c4)CC3)cn2)C(C)(C)C)cc1. The summed E-state index contributed by atoms with van der Waals surface area (Å²) in [4.78, 5) is 83.0. The number of likely N-dealkylation sites (tertiary alicyclic amines) is 2. The maximum absolute atomic E-state index is 14.3. The van der Waals surface area contributed by atoms with Crippen LogP contribution in [0.15, 0.2) is 72.6 Å². The number of benzene rings is 1. The zero-order valence-corrected chi connectivity index (χ0v) is 39.4. The van der Waals surface area contributed by atoms with Crippen LogP contribution in [-0.4, -0.2) is 109 Å². The molecule has 3 atom stereocenters. The van der Waals surface area contributed by atoms with Crippen molar-refractivity contribution in [1.29, 1.82) is 5.26 Å². The second-order valence-corrected chi connectivity index (χ2v) is 19.6. The number of alkyl halides is 2. The van der Waals surface area contributed by atoms with Gasteiger partial charge in [0.2, 0.25) is 11.8 Å². The maximum Gasteiger partial charge on any atom is 0.274 e. The Balaban J connectivity index is 0.879. The molecule has 5 aromatic rings. The van der Waals surface area contributed by atoms with Gasteiger partial charge in [-0.25, -0.2) is 33.7 Å². The Labute approximate surface area is 397 Å². The molecule has 3 aliphatic rings. The monoisotopic (exact) mass is 944 g/mol. The molecule has 3 fully saturated rings. The van der Waals surface area contributed by atoms with Crippen LogP contribution in [0.4, 0.5) is 26.2 Å². The van der Waals surface area contributed by atoms with Crippen molar-refractivity contribution in [2.75, 3.05) is 42.9 Å². The van der Waals surface area contributed by atoms with Crippen molar-refractivity contribution in [3.05, 3.63) is 106 Å². The first-order valence-corrected chi connectivity index (χ1v) is 23.7. The van der Waals surface area contributed by atoms with Crippen molar-refractivity contribution >= 4 is 52.4 Å². The second kappa shape index (κ2) is 19.7. The highest BCUT2D eigenvalue weighted by Crippen LogP contribution is 2.36. The minimum Gasteiger partial charge on any atom is -0.350 e. The van der Waals surface area contributed by atoms with Crippen LogP contribution in [-0.2, 0) is 9.59 Å². The number of pyridine rings is 2. The number of carbonyl (C=O) groups is 4. The number of aromatic nitrogens is 5. The Hall–Kier alpha value is -6.94. The minimum absolute atomic E-state index is 0.0186. The van der Waals surface area contributed by atoms with E-state index in [1.165, 1.54) is 18.6 Å². The van der Waals surface area contributed by atoms with Crippen LogP contribution in [0.1, 0.15) is 115 Å². The summed E-state index contributed by atoms with van der Waals surface area (Å²) in [5, 5.41) is 18.4. The topological polar surface area (TPSA) is 202 Å². The van der Waals surface area contributed by atoms with Gasteiger partial charge in [0.15, 0.2) is 0 Å². The average molecular weight is 945 g/mol. The molecule has 0 spiro atoms. The van der Waals surface area contributed by atoms with Gasteiger partial charge in [0.1, 0.15) is 40.9 Å². The Morgan fingerprint density at radius 1 is 0.897 bits per heavy atom. The summed E-state index contributed by atoms with van der Waals surface area (Å²) in [6.07, 6.45) is 5.96. The van der Waals surface area contributed by atoms with Crippen LogP contribution in [0.3, 0.4) is 0 Å². The van der Waals surface area contributed by atoms with Crippen molar-refractivity contribution in [2.24, 2.45) is 5.41 Å². The number of anilines is 3. The fourth-order valence-electron chi connectivity index (χ4n) is 8.98.